The monoisotopic (exact) mass is 116 g/mol. The second-order valence-electron chi connectivity index (χ2n) is 3.32. The van der Waals surface area contributed by atoms with Gasteiger partial charge in [0.05, 0.1) is 5.57 Å². The fraction of sp³-hybridized carbons (Fsp3) is 1.00. The van der Waals surface area contributed by atoms with Crippen molar-refractivity contribution in [3.05, 3.63) is 0 Å². The van der Waals surface area contributed by atoms with Gasteiger partial charge in [-0.25, -0.2) is 0 Å². The third kappa shape index (κ3) is 5.99. The molecule has 48 valence electrons. The number of alkyl halides is 1. The lowest BCUT2D eigenvalue weighted by Gasteiger charge is -2.15. The van der Waals surface area contributed by atoms with E-state index in [1.165, 1.54) is 0 Å². The van der Waals surface area contributed by atoms with Crippen LogP contribution in [0.5, 0.6) is 0 Å². The second-order valence-corrected chi connectivity index (χ2v) is 3.32. The van der Waals surface area contributed by atoms with Crippen molar-refractivity contribution in [1.82, 2.24) is 0 Å². The Hall–Kier alpha value is -0.00506. The van der Waals surface area contributed by atoms with Crippen LogP contribution in [0.2, 0.25) is 0 Å². The summed E-state index contributed by atoms with van der Waals surface area (Å²) in [6, 6.07) is 0. The summed E-state index contributed by atoms with van der Waals surface area (Å²) < 4.78 is 12.6. The molecule has 0 radical (unpaired) electrons. The van der Waals surface area contributed by atoms with E-state index in [1.807, 2.05) is 13.8 Å². The Bertz CT molecular complexity index is 63.4. The molecule has 0 heterocycles. The van der Waals surface area contributed by atoms with Gasteiger partial charge in [0.2, 0.25) is 0 Å². The van der Waals surface area contributed by atoms with E-state index in [4.69, 9.17) is 0 Å². The molecule has 0 aromatic rings. The summed E-state index contributed by atoms with van der Waals surface area (Å²) in [5.74, 6) is 0.468. The van der Waals surface area contributed by atoms with Crippen LogP contribution in [0.1, 0.15) is 27.2 Å². The summed E-state index contributed by atoms with van der Waals surface area (Å²) in [5, 5.41) is 0. The van der Waals surface area contributed by atoms with Gasteiger partial charge in [-0.05, 0) is 19.3 Å². The van der Waals surface area contributed by atoms with Crippen LogP contribution >= 0.6 is 0 Å². The van der Waals surface area contributed by atoms with E-state index in [-0.39, 0.29) is 0 Å². The van der Waals surface area contributed by atoms with Gasteiger partial charge in [0.1, 0.15) is 7.85 Å². The maximum Gasteiger partial charge on any atom is 0.149 e. The molecule has 0 aliphatic heterocycles. The first-order valence-electron chi connectivity index (χ1n) is 3.11. The molecule has 0 bridgehead atoms. The van der Waals surface area contributed by atoms with Crippen molar-refractivity contribution in [3.8, 4) is 0 Å². The Morgan fingerprint density at radius 2 is 2.00 bits per heavy atom. The van der Waals surface area contributed by atoms with E-state index in [9.17, 15) is 4.39 Å². The topological polar surface area (TPSA) is 0 Å². The highest BCUT2D eigenvalue weighted by Crippen LogP contribution is 2.15. The van der Waals surface area contributed by atoms with Gasteiger partial charge in [0.25, 0.3) is 0 Å². The molecule has 0 N–H and O–H groups in total. The van der Waals surface area contributed by atoms with Crippen LogP contribution in [-0.2, 0) is 0 Å². The molecule has 0 amide bonds. The minimum atomic E-state index is -0.978. The normalized spacial score (nSPS) is 18.6. The number of hydrogen-bond donors (Lipinski definition) is 0. The van der Waals surface area contributed by atoms with Crippen molar-refractivity contribution >= 4 is 7.85 Å². The summed E-state index contributed by atoms with van der Waals surface area (Å²) in [6.45, 7) is 5.68. The maximum absolute atomic E-state index is 12.6. The molecule has 0 aliphatic rings. The van der Waals surface area contributed by atoms with E-state index in [2.05, 4.69) is 0 Å². The summed E-state index contributed by atoms with van der Waals surface area (Å²) >= 11 is 0. The Balaban J connectivity index is 3.39. The molecule has 0 spiro atoms. The number of rotatable bonds is 2. The molecule has 0 rings (SSSR count). The zero-order chi connectivity index (χ0) is 6.78. The fourth-order valence-corrected chi connectivity index (χ4v) is 0.971. The lowest BCUT2D eigenvalue weighted by Crippen LogP contribution is -2.19. The van der Waals surface area contributed by atoms with Crippen LogP contribution in [0.4, 0.5) is 4.39 Å². The largest absolute Gasteiger partial charge is 0.254 e. The molecule has 0 nitrogen and oxygen atoms in total. The van der Waals surface area contributed by atoms with Crippen LogP contribution in [0.15, 0.2) is 0 Å². The van der Waals surface area contributed by atoms with Gasteiger partial charge >= 0.3 is 0 Å². The third-order valence-electron chi connectivity index (χ3n) is 0.894. The molecule has 0 saturated carbocycles. The van der Waals surface area contributed by atoms with E-state index < -0.39 is 5.57 Å². The van der Waals surface area contributed by atoms with Gasteiger partial charge in [0.15, 0.2) is 0 Å². The molecular formula is C6H14BF. The fourth-order valence-electron chi connectivity index (χ4n) is 0.971. The number of hydrogen-bond acceptors (Lipinski definition) is 0. The predicted molar refractivity (Wildman–Crippen MR) is 37.5 cm³/mol. The quantitative estimate of drug-likeness (QED) is 0.477. The number of halogens is 1. The van der Waals surface area contributed by atoms with Crippen LogP contribution < -0.4 is 0 Å². The molecule has 0 fully saturated rings. The predicted octanol–water partition coefficient (Wildman–Crippen LogP) is 1.35. The Morgan fingerprint density at radius 1 is 1.62 bits per heavy atom. The highest BCUT2D eigenvalue weighted by molar-refractivity contribution is 6.14. The van der Waals surface area contributed by atoms with Gasteiger partial charge in [-0.3, -0.25) is 4.39 Å². The average molecular weight is 116 g/mol. The highest BCUT2D eigenvalue weighted by atomic mass is 19.1. The first-order valence-corrected chi connectivity index (χ1v) is 3.11. The van der Waals surface area contributed by atoms with Gasteiger partial charge in [-0.1, -0.05) is 13.8 Å². The Labute approximate surface area is 51.9 Å². The standard InChI is InChI=1S/C6H14BF/c1-5(2)4-6(3,7)8/h5H,4,7H2,1-3H3. The Morgan fingerprint density at radius 3 is 2.00 bits per heavy atom. The van der Waals surface area contributed by atoms with Gasteiger partial charge in [-0.15, -0.1) is 0 Å². The van der Waals surface area contributed by atoms with Gasteiger partial charge in [0, 0.05) is 0 Å². The van der Waals surface area contributed by atoms with Crippen LogP contribution in [0.3, 0.4) is 0 Å². The summed E-state index contributed by atoms with van der Waals surface area (Å²) in [5.41, 5.74) is -0.978. The van der Waals surface area contributed by atoms with Gasteiger partial charge in [-0.2, -0.15) is 0 Å². The SMILES string of the molecule is BC(C)(F)CC(C)C. The zero-order valence-corrected chi connectivity index (χ0v) is 6.16. The van der Waals surface area contributed by atoms with Crippen molar-refractivity contribution in [1.29, 1.82) is 0 Å². The van der Waals surface area contributed by atoms with Crippen molar-refractivity contribution in [2.75, 3.05) is 0 Å². The van der Waals surface area contributed by atoms with E-state index >= 15 is 0 Å². The van der Waals surface area contributed by atoms with Crippen molar-refractivity contribution in [3.63, 3.8) is 0 Å². The zero-order valence-electron chi connectivity index (χ0n) is 6.16. The molecule has 2 heteroatoms. The lowest BCUT2D eigenvalue weighted by atomic mass is 9.79. The van der Waals surface area contributed by atoms with Crippen LogP contribution in [0, 0.1) is 5.92 Å². The first kappa shape index (κ1) is 7.99. The van der Waals surface area contributed by atoms with Crippen molar-refractivity contribution in [2.45, 2.75) is 32.8 Å². The van der Waals surface area contributed by atoms with Crippen molar-refractivity contribution in [2.24, 2.45) is 5.92 Å². The molecule has 1 atom stereocenters. The maximum atomic E-state index is 12.6. The Kier molecular flexibility index (Phi) is 2.51. The molecule has 0 aromatic carbocycles. The smallest absolute Gasteiger partial charge is 0.149 e. The molecule has 0 saturated heterocycles. The van der Waals surface area contributed by atoms with Crippen LogP contribution in [0.25, 0.3) is 0 Å². The van der Waals surface area contributed by atoms with E-state index in [1.54, 1.807) is 14.8 Å². The van der Waals surface area contributed by atoms with E-state index in [0.29, 0.717) is 12.3 Å². The molecule has 8 heavy (non-hydrogen) atoms. The summed E-state index contributed by atoms with van der Waals surface area (Å²) in [6.07, 6.45) is 0.660. The van der Waals surface area contributed by atoms with Crippen molar-refractivity contribution < 1.29 is 4.39 Å². The second kappa shape index (κ2) is 2.52. The van der Waals surface area contributed by atoms with E-state index in [0.717, 1.165) is 0 Å². The summed E-state index contributed by atoms with van der Waals surface area (Å²) in [7, 11) is 1.62. The van der Waals surface area contributed by atoms with Crippen LogP contribution in [-0.4, -0.2) is 13.4 Å². The highest BCUT2D eigenvalue weighted by Gasteiger charge is 2.16. The minimum absolute atomic E-state index is 0.468. The molecule has 1 unspecified atom stereocenters. The molecular weight excluding hydrogens is 102 g/mol. The first-order chi connectivity index (χ1) is 3.42. The third-order valence-corrected chi connectivity index (χ3v) is 0.894. The molecule has 0 aliphatic carbocycles. The minimum Gasteiger partial charge on any atom is -0.254 e. The average Bonchev–Trinajstić information content (AvgIpc) is 1.21. The molecule has 0 aromatic heterocycles. The lowest BCUT2D eigenvalue weighted by molar-refractivity contribution is 0.256. The summed E-state index contributed by atoms with van der Waals surface area (Å²) in [4.78, 5) is 0. The van der Waals surface area contributed by atoms with Gasteiger partial charge < -0.3 is 0 Å².